The first-order valence-corrected chi connectivity index (χ1v) is 10.5. The van der Waals surface area contributed by atoms with Gasteiger partial charge in [0.25, 0.3) is 5.91 Å². The minimum atomic E-state index is -0.188. The van der Waals surface area contributed by atoms with Crippen LogP contribution in [0.15, 0.2) is 47.1 Å². The van der Waals surface area contributed by atoms with Crippen molar-refractivity contribution in [2.45, 2.75) is 51.5 Å². The van der Waals surface area contributed by atoms with Crippen LogP contribution in [0.2, 0.25) is 0 Å². The molecule has 2 aromatic rings. The normalized spacial score (nSPS) is 14.2. The highest BCUT2D eigenvalue weighted by molar-refractivity contribution is 7.80. The summed E-state index contributed by atoms with van der Waals surface area (Å²) in [7, 11) is 0. The second kappa shape index (κ2) is 10.8. The molecule has 0 saturated heterocycles. The largest absolute Gasteiger partial charge is 0.467 e. The Morgan fingerprint density at radius 3 is 2.52 bits per heavy atom. The number of furan rings is 1. The zero-order valence-corrected chi connectivity index (χ0v) is 17.2. The summed E-state index contributed by atoms with van der Waals surface area (Å²) < 4.78 is 5.19. The lowest BCUT2D eigenvalue weighted by Crippen LogP contribution is -2.34. The summed E-state index contributed by atoms with van der Waals surface area (Å²) >= 11 is 5.22. The summed E-state index contributed by atoms with van der Waals surface area (Å²) in [4.78, 5) is 24.3. The van der Waals surface area contributed by atoms with E-state index in [0.717, 1.165) is 6.42 Å². The minimum Gasteiger partial charge on any atom is -0.467 e. The molecular weight excluding hydrogens is 386 g/mol. The van der Waals surface area contributed by atoms with E-state index in [2.05, 4.69) is 16.0 Å². The summed E-state index contributed by atoms with van der Waals surface area (Å²) in [6.45, 7) is 0.336. The molecule has 0 bridgehead atoms. The predicted molar refractivity (Wildman–Crippen MR) is 116 cm³/mol. The number of hydrogen-bond acceptors (Lipinski definition) is 4. The van der Waals surface area contributed by atoms with E-state index >= 15 is 0 Å². The lowest BCUT2D eigenvalue weighted by Gasteiger charge is -2.21. The van der Waals surface area contributed by atoms with Crippen LogP contribution in [0.4, 0.5) is 5.69 Å². The van der Waals surface area contributed by atoms with Crippen molar-refractivity contribution in [3.63, 3.8) is 0 Å². The first kappa shape index (κ1) is 21.0. The highest BCUT2D eigenvalue weighted by Gasteiger charge is 2.15. The standard InChI is InChI=1S/C22H27N3O3S/c26-20(13-8-16-5-2-1-3-6-16)25-22(29)24-18-11-9-17(10-12-18)21(27)23-15-19-7-4-14-28-19/h4,7,9-12,14,16H,1-3,5-6,8,13,15H2,(H,23,27)(H2,24,25,26,29). The molecule has 1 heterocycles. The van der Waals surface area contributed by atoms with Gasteiger partial charge in [-0.2, -0.15) is 0 Å². The van der Waals surface area contributed by atoms with Gasteiger partial charge in [-0.1, -0.05) is 32.1 Å². The summed E-state index contributed by atoms with van der Waals surface area (Å²) in [5, 5.41) is 8.78. The number of nitrogens with one attached hydrogen (secondary N) is 3. The van der Waals surface area contributed by atoms with Gasteiger partial charge in [0.2, 0.25) is 5.91 Å². The van der Waals surface area contributed by atoms with Crippen LogP contribution in [0.25, 0.3) is 0 Å². The van der Waals surface area contributed by atoms with Gasteiger partial charge >= 0.3 is 0 Å². The van der Waals surface area contributed by atoms with Crippen molar-refractivity contribution >= 4 is 34.8 Å². The summed E-state index contributed by atoms with van der Waals surface area (Å²) in [5.41, 5.74) is 1.25. The van der Waals surface area contributed by atoms with Gasteiger partial charge < -0.3 is 20.4 Å². The van der Waals surface area contributed by atoms with Crippen LogP contribution in [0.3, 0.4) is 0 Å². The van der Waals surface area contributed by atoms with Crippen molar-refractivity contribution in [3.8, 4) is 0 Å². The fourth-order valence-electron chi connectivity index (χ4n) is 3.55. The van der Waals surface area contributed by atoms with Gasteiger partial charge in [-0.3, -0.25) is 9.59 Å². The molecular formula is C22H27N3O3S. The number of thiocarbonyl (C=S) groups is 1. The maximum Gasteiger partial charge on any atom is 0.251 e. The Kier molecular flexibility index (Phi) is 7.81. The highest BCUT2D eigenvalue weighted by Crippen LogP contribution is 2.27. The van der Waals surface area contributed by atoms with Gasteiger partial charge in [0.05, 0.1) is 12.8 Å². The van der Waals surface area contributed by atoms with E-state index in [-0.39, 0.29) is 16.9 Å². The average Bonchev–Trinajstić information content (AvgIpc) is 3.25. The number of hydrogen-bond donors (Lipinski definition) is 3. The molecule has 1 aromatic heterocycles. The SMILES string of the molecule is O=C(CCC1CCCCC1)NC(=S)Nc1ccc(C(=O)NCc2ccco2)cc1. The van der Waals surface area contributed by atoms with Gasteiger partial charge in [-0.05, 0) is 61.0 Å². The Hall–Kier alpha value is -2.67. The van der Waals surface area contributed by atoms with Gasteiger partial charge in [0.15, 0.2) is 5.11 Å². The summed E-state index contributed by atoms with van der Waals surface area (Å²) in [6.07, 6.45) is 9.35. The third-order valence-corrected chi connectivity index (χ3v) is 5.37. The highest BCUT2D eigenvalue weighted by atomic mass is 32.1. The van der Waals surface area contributed by atoms with Crippen molar-refractivity contribution in [2.75, 3.05) is 5.32 Å². The molecule has 6 nitrogen and oxygen atoms in total. The number of carbonyl (C=O) groups excluding carboxylic acids is 2. The lowest BCUT2D eigenvalue weighted by molar-refractivity contribution is -0.120. The molecule has 0 aliphatic heterocycles. The minimum absolute atomic E-state index is 0.0537. The molecule has 0 unspecified atom stereocenters. The summed E-state index contributed by atoms with van der Waals surface area (Å²) in [5.74, 6) is 1.12. The maximum atomic E-state index is 12.2. The van der Waals surface area contributed by atoms with Crippen molar-refractivity contribution in [3.05, 3.63) is 54.0 Å². The van der Waals surface area contributed by atoms with Gasteiger partial charge in [-0.15, -0.1) is 0 Å². The number of benzene rings is 1. The van der Waals surface area contributed by atoms with Crippen LogP contribution in [0, 0.1) is 5.92 Å². The van der Waals surface area contributed by atoms with Crippen LogP contribution in [-0.2, 0) is 11.3 Å². The Bertz CT molecular complexity index is 812. The predicted octanol–water partition coefficient (Wildman–Crippen LogP) is 4.38. The van der Waals surface area contributed by atoms with E-state index in [1.54, 1.807) is 42.7 Å². The van der Waals surface area contributed by atoms with Crippen molar-refractivity contribution < 1.29 is 14.0 Å². The molecule has 1 aromatic carbocycles. The third kappa shape index (κ3) is 7.02. The second-order valence-corrected chi connectivity index (χ2v) is 7.79. The Morgan fingerprint density at radius 1 is 1.07 bits per heavy atom. The molecule has 0 atom stereocenters. The van der Waals surface area contributed by atoms with Crippen LogP contribution < -0.4 is 16.0 Å². The number of amides is 2. The third-order valence-electron chi connectivity index (χ3n) is 5.17. The molecule has 3 N–H and O–H groups in total. The smallest absolute Gasteiger partial charge is 0.251 e. The lowest BCUT2D eigenvalue weighted by atomic mass is 9.86. The number of rotatable bonds is 7. The fraction of sp³-hybridized carbons (Fsp3) is 0.409. The van der Waals surface area contributed by atoms with Crippen molar-refractivity contribution in [1.82, 2.24) is 10.6 Å². The molecule has 7 heteroatoms. The van der Waals surface area contributed by atoms with E-state index in [0.29, 0.717) is 35.9 Å². The fourth-order valence-corrected chi connectivity index (χ4v) is 3.78. The molecule has 0 radical (unpaired) electrons. The Balaban J connectivity index is 1.39. The quantitative estimate of drug-likeness (QED) is 0.587. The average molecular weight is 414 g/mol. The van der Waals surface area contributed by atoms with Crippen LogP contribution in [0.5, 0.6) is 0 Å². The van der Waals surface area contributed by atoms with Crippen LogP contribution in [-0.4, -0.2) is 16.9 Å². The first-order valence-electron chi connectivity index (χ1n) is 10.1. The zero-order valence-electron chi connectivity index (χ0n) is 16.4. The van der Waals surface area contributed by atoms with E-state index in [9.17, 15) is 9.59 Å². The molecule has 1 aliphatic rings. The topological polar surface area (TPSA) is 83.4 Å². The number of anilines is 1. The van der Waals surface area contributed by atoms with Gasteiger partial charge in [0.1, 0.15) is 5.76 Å². The van der Waals surface area contributed by atoms with Crippen LogP contribution >= 0.6 is 12.2 Å². The Morgan fingerprint density at radius 2 is 1.83 bits per heavy atom. The maximum absolute atomic E-state index is 12.2. The number of carbonyl (C=O) groups is 2. The molecule has 29 heavy (non-hydrogen) atoms. The second-order valence-electron chi connectivity index (χ2n) is 7.38. The van der Waals surface area contributed by atoms with Gasteiger partial charge in [0, 0.05) is 17.7 Å². The molecule has 2 amide bonds. The van der Waals surface area contributed by atoms with E-state index < -0.39 is 0 Å². The van der Waals surface area contributed by atoms with Crippen molar-refractivity contribution in [1.29, 1.82) is 0 Å². The van der Waals surface area contributed by atoms with E-state index in [1.165, 1.54) is 32.1 Å². The molecule has 154 valence electrons. The molecule has 1 saturated carbocycles. The van der Waals surface area contributed by atoms with Crippen LogP contribution in [0.1, 0.15) is 61.1 Å². The summed E-state index contributed by atoms with van der Waals surface area (Å²) in [6, 6.07) is 10.5. The van der Waals surface area contributed by atoms with E-state index in [1.807, 2.05) is 0 Å². The first-order chi connectivity index (χ1) is 14.1. The molecule has 1 fully saturated rings. The molecule has 1 aliphatic carbocycles. The Labute approximate surface area is 176 Å². The van der Waals surface area contributed by atoms with Gasteiger partial charge in [-0.25, -0.2) is 0 Å². The molecule has 0 spiro atoms. The van der Waals surface area contributed by atoms with E-state index in [4.69, 9.17) is 16.6 Å². The monoisotopic (exact) mass is 413 g/mol. The molecule has 3 rings (SSSR count). The van der Waals surface area contributed by atoms with Crippen molar-refractivity contribution in [2.24, 2.45) is 5.92 Å². The zero-order chi connectivity index (χ0) is 20.5.